The molecule has 0 aliphatic heterocycles. The molecule has 2 aromatic rings. The normalized spacial score (nSPS) is 10.3. The number of aryl methyl sites for hydroxylation is 1. The number of ether oxygens (including phenoxy) is 1. The molecule has 0 saturated carbocycles. The van der Waals surface area contributed by atoms with Crippen LogP contribution in [0.4, 0.5) is 10.3 Å². The first-order chi connectivity index (χ1) is 8.10. The number of aromatic nitrogens is 3. The molecule has 1 heterocycles. The van der Waals surface area contributed by atoms with Gasteiger partial charge in [0.1, 0.15) is 5.82 Å². The summed E-state index contributed by atoms with van der Waals surface area (Å²) in [5, 5.41) is 0. The van der Waals surface area contributed by atoms with Gasteiger partial charge in [-0.25, -0.2) is 9.37 Å². The summed E-state index contributed by atoms with van der Waals surface area (Å²) in [5.74, 6) is 0.744. The van der Waals surface area contributed by atoms with Gasteiger partial charge >= 0.3 is 0 Å². The van der Waals surface area contributed by atoms with Crippen LogP contribution in [0.2, 0.25) is 0 Å². The molecule has 88 valence electrons. The quantitative estimate of drug-likeness (QED) is 0.853. The van der Waals surface area contributed by atoms with Crippen molar-refractivity contribution in [3.8, 4) is 17.1 Å². The van der Waals surface area contributed by atoms with Gasteiger partial charge in [-0.2, -0.15) is 9.97 Å². The standard InChI is InChI=1S/C11H11FN4O/c1-6-14-10(16-11(13)15-6)7-3-4-8(12)9(5-7)17-2/h3-5H,1-2H3,(H2,13,14,15,16). The number of hydrogen-bond acceptors (Lipinski definition) is 5. The first-order valence-corrected chi connectivity index (χ1v) is 4.92. The summed E-state index contributed by atoms with van der Waals surface area (Å²) in [4.78, 5) is 12.0. The maximum Gasteiger partial charge on any atom is 0.223 e. The fraction of sp³-hybridized carbons (Fsp3) is 0.182. The van der Waals surface area contributed by atoms with E-state index < -0.39 is 5.82 Å². The Morgan fingerprint density at radius 1 is 1.24 bits per heavy atom. The van der Waals surface area contributed by atoms with Crippen molar-refractivity contribution in [2.24, 2.45) is 0 Å². The van der Waals surface area contributed by atoms with Gasteiger partial charge in [0.2, 0.25) is 5.95 Å². The van der Waals surface area contributed by atoms with Crippen molar-refractivity contribution in [2.75, 3.05) is 12.8 Å². The number of nitrogens with zero attached hydrogens (tertiary/aromatic N) is 3. The molecule has 17 heavy (non-hydrogen) atoms. The topological polar surface area (TPSA) is 73.9 Å². The van der Waals surface area contributed by atoms with Gasteiger partial charge in [-0.3, -0.25) is 0 Å². The van der Waals surface area contributed by atoms with Gasteiger partial charge in [0, 0.05) is 5.56 Å². The Hall–Kier alpha value is -2.24. The zero-order valence-corrected chi connectivity index (χ0v) is 9.44. The van der Waals surface area contributed by atoms with Gasteiger partial charge in [0.05, 0.1) is 7.11 Å². The van der Waals surface area contributed by atoms with E-state index in [1.54, 1.807) is 13.0 Å². The van der Waals surface area contributed by atoms with Crippen molar-refractivity contribution in [1.82, 2.24) is 15.0 Å². The van der Waals surface area contributed by atoms with E-state index in [-0.39, 0.29) is 11.7 Å². The van der Waals surface area contributed by atoms with Crippen molar-refractivity contribution >= 4 is 5.95 Å². The van der Waals surface area contributed by atoms with Crippen LogP contribution in [0.3, 0.4) is 0 Å². The van der Waals surface area contributed by atoms with Crippen molar-refractivity contribution < 1.29 is 9.13 Å². The lowest BCUT2D eigenvalue weighted by Gasteiger charge is -2.05. The SMILES string of the molecule is COc1cc(-c2nc(C)nc(N)n2)ccc1F. The highest BCUT2D eigenvalue weighted by molar-refractivity contribution is 5.58. The van der Waals surface area contributed by atoms with E-state index in [4.69, 9.17) is 10.5 Å². The van der Waals surface area contributed by atoms with Crippen molar-refractivity contribution in [3.63, 3.8) is 0 Å². The maximum absolute atomic E-state index is 13.2. The zero-order chi connectivity index (χ0) is 12.4. The number of methoxy groups -OCH3 is 1. The Morgan fingerprint density at radius 2 is 2.00 bits per heavy atom. The van der Waals surface area contributed by atoms with Crippen LogP contribution in [0.15, 0.2) is 18.2 Å². The van der Waals surface area contributed by atoms with Gasteiger partial charge < -0.3 is 10.5 Å². The second kappa shape index (κ2) is 4.32. The molecule has 0 radical (unpaired) electrons. The van der Waals surface area contributed by atoms with E-state index in [0.29, 0.717) is 17.2 Å². The third-order valence-electron chi connectivity index (χ3n) is 2.17. The summed E-state index contributed by atoms with van der Waals surface area (Å²) >= 11 is 0. The molecule has 0 atom stereocenters. The van der Waals surface area contributed by atoms with E-state index in [1.807, 2.05) is 0 Å². The number of anilines is 1. The third-order valence-corrected chi connectivity index (χ3v) is 2.17. The Bertz CT molecular complexity index is 539. The average molecular weight is 234 g/mol. The third kappa shape index (κ3) is 2.30. The smallest absolute Gasteiger partial charge is 0.223 e. The van der Waals surface area contributed by atoms with Gasteiger partial charge in [-0.1, -0.05) is 0 Å². The Morgan fingerprint density at radius 3 is 2.65 bits per heavy atom. The number of benzene rings is 1. The van der Waals surface area contributed by atoms with Crippen LogP contribution >= 0.6 is 0 Å². The molecule has 0 unspecified atom stereocenters. The summed E-state index contributed by atoms with van der Waals surface area (Å²) in [6.45, 7) is 1.71. The minimum atomic E-state index is -0.435. The predicted octanol–water partition coefficient (Wildman–Crippen LogP) is 1.58. The fourth-order valence-corrected chi connectivity index (χ4v) is 1.43. The van der Waals surface area contributed by atoms with Crippen LogP contribution < -0.4 is 10.5 Å². The van der Waals surface area contributed by atoms with Gasteiger partial charge in [0.25, 0.3) is 0 Å². The van der Waals surface area contributed by atoms with Crippen LogP contribution in [0.5, 0.6) is 5.75 Å². The van der Waals surface area contributed by atoms with E-state index in [1.165, 1.54) is 19.2 Å². The summed E-state index contributed by atoms with van der Waals surface area (Å²) in [7, 11) is 1.40. The summed E-state index contributed by atoms with van der Waals surface area (Å²) in [6, 6.07) is 4.37. The molecule has 0 amide bonds. The minimum absolute atomic E-state index is 0.135. The highest BCUT2D eigenvalue weighted by Crippen LogP contribution is 2.24. The number of nitrogens with two attached hydrogens (primary N) is 1. The van der Waals surface area contributed by atoms with Gasteiger partial charge in [-0.05, 0) is 25.1 Å². The average Bonchev–Trinajstić information content (AvgIpc) is 2.28. The van der Waals surface area contributed by atoms with Crippen molar-refractivity contribution in [3.05, 3.63) is 29.8 Å². The van der Waals surface area contributed by atoms with Crippen LogP contribution in [-0.2, 0) is 0 Å². The first kappa shape index (κ1) is 11.3. The van der Waals surface area contributed by atoms with E-state index in [0.717, 1.165) is 0 Å². The molecule has 6 heteroatoms. The highest BCUT2D eigenvalue weighted by atomic mass is 19.1. The molecule has 2 rings (SSSR count). The Balaban J connectivity index is 2.52. The molecule has 0 bridgehead atoms. The van der Waals surface area contributed by atoms with Crippen molar-refractivity contribution in [2.45, 2.75) is 6.92 Å². The molecule has 5 nitrogen and oxygen atoms in total. The van der Waals surface area contributed by atoms with Gasteiger partial charge in [-0.15, -0.1) is 0 Å². The molecule has 0 aliphatic carbocycles. The lowest BCUT2D eigenvalue weighted by molar-refractivity contribution is 0.386. The molecule has 0 spiro atoms. The predicted molar refractivity (Wildman–Crippen MR) is 60.9 cm³/mol. The number of nitrogen functional groups attached to an aromatic ring is 1. The Labute approximate surface area is 97.5 Å². The first-order valence-electron chi connectivity index (χ1n) is 4.92. The van der Waals surface area contributed by atoms with Crippen LogP contribution in [0, 0.1) is 12.7 Å². The highest BCUT2D eigenvalue weighted by Gasteiger charge is 2.08. The van der Waals surface area contributed by atoms with Crippen LogP contribution in [0.1, 0.15) is 5.82 Å². The summed E-state index contributed by atoms with van der Waals surface area (Å²) < 4.78 is 18.1. The molecule has 0 saturated heterocycles. The summed E-state index contributed by atoms with van der Waals surface area (Å²) in [6.07, 6.45) is 0. The number of halogens is 1. The molecule has 1 aromatic carbocycles. The maximum atomic E-state index is 13.2. The second-order valence-corrected chi connectivity index (χ2v) is 3.41. The zero-order valence-electron chi connectivity index (χ0n) is 9.44. The van der Waals surface area contributed by atoms with Crippen LogP contribution in [-0.4, -0.2) is 22.1 Å². The molecular weight excluding hydrogens is 223 g/mol. The van der Waals surface area contributed by atoms with Crippen LogP contribution in [0.25, 0.3) is 11.4 Å². The lowest BCUT2D eigenvalue weighted by atomic mass is 10.2. The van der Waals surface area contributed by atoms with E-state index >= 15 is 0 Å². The number of rotatable bonds is 2. The molecule has 2 N–H and O–H groups in total. The molecule has 1 aromatic heterocycles. The Kier molecular flexibility index (Phi) is 2.86. The molecule has 0 fully saturated rings. The minimum Gasteiger partial charge on any atom is -0.494 e. The number of hydrogen-bond donors (Lipinski definition) is 1. The largest absolute Gasteiger partial charge is 0.494 e. The monoisotopic (exact) mass is 234 g/mol. The second-order valence-electron chi connectivity index (χ2n) is 3.41. The molecular formula is C11H11FN4O. The fourth-order valence-electron chi connectivity index (χ4n) is 1.43. The summed E-state index contributed by atoms with van der Waals surface area (Å²) in [5.41, 5.74) is 6.16. The lowest BCUT2D eigenvalue weighted by Crippen LogP contribution is -2.02. The van der Waals surface area contributed by atoms with E-state index in [9.17, 15) is 4.39 Å². The molecule has 0 aliphatic rings. The van der Waals surface area contributed by atoms with E-state index in [2.05, 4.69) is 15.0 Å². The van der Waals surface area contributed by atoms with Gasteiger partial charge in [0.15, 0.2) is 17.4 Å². The van der Waals surface area contributed by atoms with Crippen molar-refractivity contribution in [1.29, 1.82) is 0 Å².